The van der Waals surface area contributed by atoms with E-state index < -0.39 is 0 Å². The predicted molar refractivity (Wildman–Crippen MR) is 86.1 cm³/mol. The summed E-state index contributed by atoms with van der Waals surface area (Å²) in [5.41, 5.74) is 7.62. The standard InChI is InChI=1S/C15H19N3O2S/c1-9(2)5-15-17-10-6-12-13(20-4-3-19-12)7-11(10)18(15)8-14(16)21/h6-7,9H,3-5,8H2,1-2H3,(H2,16,21). The van der Waals surface area contributed by atoms with Crippen LogP contribution in [0.25, 0.3) is 11.0 Å². The lowest BCUT2D eigenvalue weighted by molar-refractivity contribution is 0.172. The average Bonchev–Trinajstić information content (AvgIpc) is 2.72. The summed E-state index contributed by atoms with van der Waals surface area (Å²) in [6.45, 7) is 5.97. The molecule has 21 heavy (non-hydrogen) atoms. The molecule has 5 nitrogen and oxygen atoms in total. The number of thiocarbonyl (C=S) groups is 1. The Morgan fingerprint density at radius 2 is 2.00 bits per heavy atom. The van der Waals surface area contributed by atoms with Gasteiger partial charge in [-0.3, -0.25) is 0 Å². The van der Waals surface area contributed by atoms with Crippen LogP contribution >= 0.6 is 12.2 Å². The van der Waals surface area contributed by atoms with Crippen LogP contribution in [-0.2, 0) is 13.0 Å². The van der Waals surface area contributed by atoms with Crippen molar-refractivity contribution in [1.29, 1.82) is 0 Å². The summed E-state index contributed by atoms with van der Waals surface area (Å²) in [6, 6.07) is 3.91. The predicted octanol–water partition coefficient (Wildman–Crippen LogP) is 2.29. The molecule has 1 aliphatic rings. The Bertz CT molecular complexity index is 694. The molecule has 2 N–H and O–H groups in total. The third kappa shape index (κ3) is 2.81. The molecule has 1 aliphatic heterocycles. The van der Waals surface area contributed by atoms with Gasteiger partial charge in [0.1, 0.15) is 19.0 Å². The van der Waals surface area contributed by atoms with Crippen LogP contribution in [0.5, 0.6) is 11.5 Å². The van der Waals surface area contributed by atoms with Crippen molar-refractivity contribution in [2.45, 2.75) is 26.8 Å². The summed E-state index contributed by atoms with van der Waals surface area (Å²) in [7, 11) is 0. The molecule has 0 amide bonds. The third-order valence-electron chi connectivity index (χ3n) is 3.40. The molecular weight excluding hydrogens is 286 g/mol. The molecule has 0 aliphatic carbocycles. The maximum Gasteiger partial charge on any atom is 0.163 e. The van der Waals surface area contributed by atoms with Crippen LogP contribution < -0.4 is 15.2 Å². The maximum absolute atomic E-state index is 5.74. The largest absolute Gasteiger partial charge is 0.486 e. The lowest BCUT2D eigenvalue weighted by atomic mass is 10.1. The van der Waals surface area contributed by atoms with Crippen molar-refractivity contribution in [3.05, 3.63) is 18.0 Å². The summed E-state index contributed by atoms with van der Waals surface area (Å²) in [5, 5.41) is 0. The highest BCUT2D eigenvalue weighted by Crippen LogP contribution is 2.35. The first-order chi connectivity index (χ1) is 10.0. The van der Waals surface area contributed by atoms with E-state index in [9.17, 15) is 0 Å². The molecule has 1 aromatic carbocycles. The lowest BCUT2D eigenvalue weighted by Gasteiger charge is -2.18. The van der Waals surface area contributed by atoms with Crippen molar-refractivity contribution < 1.29 is 9.47 Å². The number of hydrogen-bond donors (Lipinski definition) is 1. The molecule has 0 bridgehead atoms. The number of aromatic nitrogens is 2. The van der Waals surface area contributed by atoms with E-state index in [1.54, 1.807) is 0 Å². The third-order valence-corrected chi connectivity index (χ3v) is 3.53. The molecule has 0 fully saturated rings. The summed E-state index contributed by atoms with van der Waals surface area (Å²) in [6.07, 6.45) is 0.879. The number of benzene rings is 1. The van der Waals surface area contributed by atoms with Gasteiger partial charge in [-0.05, 0) is 5.92 Å². The van der Waals surface area contributed by atoms with E-state index in [1.807, 2.05) is 12.1 Å². The van der Waals surface area contributed by atoms with Crippen molar-refractivity contribution >= 4 is 28.2 Å². The van der Waals surface area contributed by atoms with Gasteiger partial charge in [0.2, 0.25) is 0 Å². The molecule has 0 unspecified atom stereocenters. The number of imidazole rings is 1. The van der Waals surface area contributed by atoms with Crippen LogP contribution in [0.2, 0.25) is 0 Å². The number of nitrogens with zero attached hydrogens (tertiary/aromatic N) is 2. The minimum Gasteiger partial charge on any atom is -0.486 e. The van der Waals surface area contributed by atoms with E-state index in [0.717, 1.165) is 34.8 Å². The summed E-state index contributed by atoms with van der Waals surface area (Å²) in [5.74, 6) is 3.02. The van der Waals surface area contributed by atoms with Crippen molar-refractivity contribution in [2.75, 3.05) is 13.2 Å². The van der Waals surface area contributed by atoms with Crippen LogP contribution in [0.15, 0.2) is 12.1 Å². The van der Waals surface area contributed by atoms with Crippen molar-refractivity contribution in [2.24, 2.45) is 11.7 Å². The molecule has 3 rings (SSSR count). The summed E-state index contributed by atoms with van der Waals surface area (Å²) < 4.78 is 13.3. The van der Waals surface area contributed by atoms with Gasteiger partial charge in [-0.1, -0.05) is 26.1 Å². The normalized spacial score (nSPS) is 13.9. The van der Waals surface area contributed by atoms with Crippen molar-refractivity contribution in [1.82, 2.24) is 9.55 Å². The molecule has 0 saturated carbocycles. The highest BCUT2D eigenvalue weighted by Gasteiger charge is 2.18. The van der Waals surface area contributed by atoms with Gasteiger partial charge in [0, 0.05) is 18.6 Å². The van der Waals surface area contributed by atoms with Crippen molar-refractivity contribution in [3.8, 4) is 11.5 Å². The van der Waals surface area contributed by atoms with Gasteiger partial charge in [0.25, 0.3) is 0 Å². The first kappa shape index (κ1) is 14.1. The molecular formula is C15H19N3O2S. The van der Waals surface area contributed by atoms with Crippen LogP contribution in [0.3, 0.4) is 0 Å². The Labute approximate surface area is 129 Å². The Morgan fingerprint density at radius 3 is 2.62 bits per heavy atom. The minimum absolute atomic E-state index is 0.453. The van der Waals surface area contributed by atoms with Gasteiger partial charge in [0.15, 0.2) is 11.5 Å². The van der Waals surface area contributed by atoms with E-state index in [1.165, 1.54) is 0 Å². The Morgan fingerprint density at radius 1 is 1.33 bits per heavy atom. The second-order valence-electron chi connectivity index (χ2n) is 5.66. The lowest BCUT2D eigenvalue weighted by Crippen LogP contribution is -2.19. The Kier molecular flexibility index (Phi) is 3.71. The first-order valence-electron chi connectivity index (χ1n) is 7.11. The fraction of sp³-hybridized carbons (Fsp3) is 0.467. The molecule has 2 heterocycles. The van der Waals surface area contributed by atoms with E-state index in [0.29, 0.717) is 30.7 Å². The van der Waals surface area contributed by atoms with Gasteiger partial charge in [-0.2, -0.15) is 0 Å². The highest BCUT2D eigenvalue weighted by molar-refractivity contribution is 7.80. The first-order valence-corrected chi connectivity index (χ1v) is 7.52. The van der Waals surface area contributed by atoms with Crippen molar-refractivity contribution in [3.63, 3.8) is 0 Å². The quantitative estimate of drug-likeness (QED) is 0.878. The van der Waals surface area contributed by atoms with E-state index >= 15 is 0 Å². The van der Waals surface area contributed by atoms with Crippen LogP contribution in [0, 0.1) is 5.92 Å². The smallest absolute Gasteiger partial charge is 0.163 e. The number of nitrogens with two attached hydrogens (primary N) is 1. The number of ether oxygens (including phenoxy) is 2. The zero-order valence-corrected chi connectivity index (χ0v) is 13.1. The molecule has 2 aromatic rings. The van der Waals surface area contributed by atoms with E-state index in [2.05, 4.69) is 18.4 Å². The summed E-state index contributed by atoms with van der Waals surface area (Å²) >= 11 is 5.07. The van der Waals surface area contributed by atoms with E-state index in [-0.39, 0.29) is 0 Å². The monoisotopic (exact) mass is 305 g/mol. The SMILES string of the molecule is CC(C)Cc1nc2cc3c(cc2n1CC(N)=S)OCCO3. The molecule has 0 atom stereocenters. The fourth-order valence-electron chi connectivity index (χ4n) is 2.56. The topological polar surface area (TPSA) is 62.3 Å². The van der Waals surface area contributed by atoms with Gasteiger partial charge in [-0.25, -0.2) is 4.98 Å². The van der Waals surface area contributed by atoms with Crippen LogP contribution in [0.4, 0.5) is 0 Å². The summed E-state index contributed by atoms with van der Waals surface area (Å²) in [4.78, 5) is 5.18. The highest BCUT2D eigenvalue weighted by atomic mass is 32.1. The molecule has 0 radical (unpaired) electrons. The molecule has 1 aromatic heterocycles. The van der Waals surface area contributed by atoms with Gasteiger partial charge in [0.05, 0.1) is 22.6 Å². The van der Waals surface area contributed by atoms with Crippen LogP contribution in [0.1, 0.15) is 19.7 Å². The molecule has 112 valence electrons. The second kappa shape index (κ2) is 5.52. The van der Waals surface area contributed by atoms with E-state index in [4.69, 9.17) is 32.4 Å². The van der Waals surface area contributed by atoms with Gasteiger partial charge in [-0.15, -0.1) is 0 Å². The Balaban J connectivity index is 2.14. The van der Waals surface area contributed by atoms with Crippen LogP contribution in [-0.4, -0.2) is 27.8 Å². The number of fused-ring (bicyclic) bond motifs is 2. The number of hydrogen-bond acceptors (Lipinski definition) is 4. The second-order valence-corrected chi connectivity index (χ2v) is 6.19. The average molecular weight is 305 g/mol. The molecule has 6 heteroatoms. The van der Waals surface area contributed by atoms with Gasteiger partial charge < -0.3 is 19.8 Å². The molecule has 0 saturated heterocycles. The number of rotatable bonds is 4. The zero-order chi connectivity index (χ0) is 15.0. The van der Waals surface area contributed by atoms with Gasteiger partial charge >= 0.3 is 0 Å². The zero-order valence-electron chi connectivity index (χ0n) is 12.3. The fourth-order valence-corrected chi connectivity index (χ4v) is 2.69. The molecule has 0 spiro atoms. The maximum atomic E-state index is 5.74. The Hall–Kier alpha value is -1.82. The minimum atomic E-state index is 0.453.